The number of esters is 2. The van der Waals surface area contributed by atoms with E-state index in [2.05, 4.69) is 0 Å². The molecule has 0 bridgehead atoms. The molecule has 0 aliphatic carbocycles. The number of para-hydroxylation sites is 1. The lowest BCUT2D eigenvalue weighted by Gasteiger charge is -2.07. The molecule has 0 unspecified atom stereocenters. The summed E-state index contributed by atoms with van der Waals surface area (Å²) in [6, 6.07) is 5.61. The van der Waals surface area contributed by atoms with Gasteiger partial charge in [-0.1, -0.05) is 26.0 Å². The number of hydrogen-bond acceptors (Lipinski definition) is 4. The van der Waals surface area contributed by atoms with Gasteiger partial charge in [-0.2, -0.15) is 0 Å². The fraction of sp³-hybridized carbons (Fsp3) is 0.467. The molecular formula is C15H19FO4. The van der Waals surface area contributed by atoms with Crippen molar-refractivity contribution in [3.05, 3.63) is 30.1 Å². The summed E-state index contributed by atoms with van der Waals surface area (Å²) in [5.74, 6) is -1.40. The van der Waals surface area contributed by atoms with Crippen molar-refractivity contribution in [3.63, 3.8) is 0 Å². The first-order valence-electron chi connectivity index (χ1n) is 6.60. The van der Waals surface area contributed by atoms with Crippen LogP contribution < -0.4 is 4.74 Å². The van der Waals surface area contributed by atoms with Crippen LogP contribution in [-0.2, 0) is 14.3 Å². The van der Waals surface area contributed by atoms with Crippen molar-refractivity contribution in [2.75, 3.05) is 6.61 Å². The number of benzene rings is 1. The van der Waals surface area contributed by atoms with Gasteiger partial charge < -0.3 is 9.47 Å². The van der Waals surface area contributed by atoms with Gasteiger partial charge in [-0.05, 0) is 24.5 Å². The highest BCUT2D eigenvalue weighted by Crippen LogP contribution is 2.16. The molecule has 0 atom stereocenters. The third-order valence-electron chi connectivity index (χ3n) is 2.55. The topological polar surface area (TPSA) is 52.6 Å². The third kappa shape index (κ3) is 6.31. The molecule has 0 aliphatic rings. The molecule has 0 saturated heterocycles. The van der Waals surface area contributed by atoms with Gasteiger partial charge in [0.25, 0.3) is 0 Å². The van der Waals surface area contributed by atoms with Crippen LogP contribution in [0, 0.1) is 11.7 Å². The van der Waals surface area contributed by atoms with Gasteiger partial charge in [0.05, 0.1) is 19.4 Å². The molecule has 0 aromatic heterocycles. The molecule has 0 heterocycles. The number of hydrogen-bond donors (Lipinski definition) is 0. The Balaban J connectivity index is 2.26. The Hall–Kier alpha value is -1.91. The Bertz CT molecular complexity index is 457. The van der Waals surface area contributed by atoms with E-state index >= 15 is 0 Å². The van der Waals surface area contributed by atoms with Gasteiger partial charge in [-0.3, -0.25) is 9.59 Å². The number of carbonyl (C=O) groups is 2. The van der Waals surface area contributed by atoms with Crippen LogP contribution in [0.15, 0.2) is 24.3 Å². The van der Waals surface area contributed by atoms with Gasteiger partial charge in [0, 0.05) is 0 Å². The highest BCUT2D eigenvalue weighted by Gasteiger charge is 2.12. The van der Waals surface area contributed by atoms with Crippen LogP contribution in [0.3, 0.4) is 0 Å². The molecule has 0 N–H and O–H groups in total. The molecule has 110 valence electrons. The number of rotatable bonds is 7. The van der Waals surface area contributed by atoms with E-state index in [0.29, 0.717) is 12.5 Å². The highest BCUT2D eigenvalue weighted by atomic mass is 19.1. The minimum absolute atomic E-state index is 0.0641. The maximum absolute atomic E-state index is 13.2. The molecule has 0 spiro atoms. The van der Waals surface area contributed by atoms with Crippen LogP contribution in [0.4, 0.5) is 4.39 Å². The normalized spacial score (nSPS) is 10.4. The van der Waals surface area contributed by atoms with E-state index in [4.69, 9.17) is 9.47 Å². The average molecular weight is 282 g/mol. The van der Waals surface area contributed by atoms with Gasteiger partial charge in [-0.25, -0.2) is 4.39 Å². The lowest BCUT2D eigenvalue weighted by Crippen LogP contribution is -2.13. The predicted octanol–water partition coefficient (Wildman–Crippen LogP) is 3.10. The number of carbonyl (C=O) groups excluding carboxylic acids is 2. The lowest BCUT2D eigenvalue weighted by atomic mass is 10.1. The molecule has 0 saturated carbocycles. The molecule has 0 amide bonds. The third-order valence-corrected chi connectivity index (χ3v) is 2.55. The first-order chi connectivity index (χ1) is 9.49. The zero-order valence-electron chi connectivity index (χ0n) is 11.7. The van der Waals surface area contributed by atoms with Gasteiger partial charge in [0.2, 0.25) is 0 Å². The zero-order chi connectivity index (χ0) is 15.0. The van der Waals surface area contributed by atoms with Crippen molar-refractivity contribution in [2.24, 2.45) is 5.92 Å². The molecule has 20 heavy (non-hydrogen) atoms. The summed E-state index contributed by atoms with van der Waals surface area (Å²) in [6.07, 6.45) is 0.589. The van der Waals surface area contributed by atoms with E-state index in [9.17, 15) is 14.0 Å². The Morgan fingerprint density at radius 2 is 1.80 bits per heavy atom. The van der Waals surface area contributed by atoms with Crippen LogP contribution in [0.2, 0.25) is 0 Å². The first kappa shape index (κ1) is 16.1. The molecular weight excluding hydrogens is 263 g/mol. The van der Waals surface area contributed by atoms with Crippen LogP contribution >= 0.6 is 0 Å². The Morgan fingerprint density at radius 3 is 2.45 bits per heavy atom. The largest absolute Gasteiger partial charge is 0.466 e. The zero-order valence-corrected chi connectivity index (χ0v) is 11.7. The summed E-state index contributed by atoms with van der Waals surface area (Å²) in [7, 11) is 0. The second-order valence-electron chi connectivity index (χ2n) is 4.81. The molecule has 1 rings (SSSR count). The molecule has 1 aromatic carbocycles. The minimum atomic E-state index is -0.657. The second kappa shape index (κ2) is 8.30. The van der Waals surface area contributed by atoms with E-state index in [-0.39, 0.29) is 18.6 Å². The number of ether oxygens (including phenoxy) is 2. The summed E-state index contributed by atoms with van der Waals surface area (Å²) >= 11 is 0. The lowest BCUT2D eigenvalue weighted by molar-refractivity contribution is -0.147. The first-order valence-corrected chi connectivity index (χ1v) is 6.60. The van der Waals surface area contributed by atoms with Crippen LogP contribution in [0.5, 0.6) is 5.75 Å². The monoisotopic (exact) mass is 282 g/mol. The van der Waals surface area contributed by atoms with Crippen LogP contribution in [-0.4, -0.2) is 18.5 Å². The van der Waals surface area contributed by atoms with Gasteiger partial charge in [0.15, 0.2) is 11.6 Å². The van der Waals surface area contributed by atoms with Crippen molar-refractivity contribution in [2.45, 2.75) is 33.1 Å². The smallest absolute Gasteiger partial charge is 0.311 e. The van der Waals surface area contributed by atoms with Crippen molar-refractivity contribution < 1.29 is 23.5 Å². The fourth-order valence-electron chi connectivity index (χ4n) is 1.39. The number of halogens is 1. The fourth-order valence-corrected chi connectivity index (χ4v) is 1.39. The minimum Gasteiger partial charge on any atom is -0.466 e. The summed E-state index contributed by atoms with van der Waals surface area (Å²) in [5, 5.41) is 0. The Labute approximate surface area is 117 Å². The molecule has 4 nitrogen and oxygen atoms in total. The molecule has 0 aliphatic heterocycles. The molecule has 0 radical (unpaired) electrons. The average Bonchev–Trinajstić information content (AvgIpc) is 2.39. The summed E-state index contributed by atoms with van der Waals surface area (Å²) in [4.78, 5) is 22.8. The van der Waals surface area contributed by atoms with Gasteiger partial charge >= 0.3 is 11.9 Å². The molecule has 1 aromatic rings. The van der Waals surface area contributed by atoms with Crippen molar-refractivity contribution in [3.8, 4) is 5.75 Å². The summed E-state index contributed by atoms with van der Waals surface area (Å²) in [6.45, 7) is 4.40. The van der Waals surface area contributed by atoms with E-state index in [1.807, 2.05) is 13.8 Å². The quantitative estimate of drug-likeness (QED) is 0.569. The van der Waals surface area contributed by atoms with E-state index in [1.54, 1.807) is 6.07 Å². The maximum Gasteiger partial charge on any atom is 0.311 e. The van der Waals surface area contributed by atoms with Crippen LogP contribution in [0.25, 0.3) is 0 Å². The maximum atomic E-state index is 13.2. The van der Waals surface area contributed by atoms with E-state index in [1.165, 1.54) is 18.2 Å². The SMILES string of the molecule is CC(C)CCOC(=O)CCC(=O)Oc1ccccc1F. The Morgan fingerprint density at radius 1 is 1.15 bits per heavy atom. The summed E-state index contributed by atoms with van der Waals surface area (Å²) < 4.78 is 23.0. The highest BCUT2D eigenvalue weighted by molar-refractivity contribution is 5.79. The summed E-state index contributed by atoms with van der Waals surface area (Å²) in [5.41, 5.74) is 0. The molecule has 0 fully saturated rings. The van der Waals surface area contributed by atoms with E-state index in [0.717, 1.165) is 6.42 Å². The van der Waals surface area contributed by atoms with Gasteiger partial charge in [-0.15, -0.1) is 0 Å². The van der Waals surface area contributed by atoms with E-state index < -0.39 is 17.8 Å². The van der Waals surface area contributed by atoms with Crippen molar-refractivity contribution >= 4 is 11.9 Å². The predicted molar refractivity (Wildman–Crippen MR) is 71.7 cm³/mol. The second-order valence-corrected chi connectivity index (χ2v) is 4.81. The van der Waals surface area contributed by atoms with Crippen molar-refractivity contribution in [1.29, 1.82) is 0 Å². The standard InChI is InChI=1S/C15H19FO4/c1-11(2)9-10-19-14(17)7-8-15(18)20-13-6-4-3-5-12(13)16/h3-6,11H,7-10H2,1-2H3. The van der Waals surface area contributed by atoms with Crippen molar-refractivity contribution in [1.82, 2.24) is 0 Å². The molecule has 5 heteroatoms. The Kier molecular flexibility index (Phi) is 6.70. The van der Waals surface area contributed by atoms with Gasteiger partial charge in [0.1, 0.15) is 0 Å². The van der Waals surface area contributed by atoms with Crippen LogP contribution in [0.1, 0.15) is 33.1 Å².